The minimum atomic E-state index is 0.00695. The van der Waals surface area contributed by atoms with E-state index in [1.54, 1.807) is 0 Å². The van der Waals surface area contributed by atoms with Crippen LogP contribution in [0.5, 0.6) is 0 Å². The molecule has 2 aromatic carbocycles. The van der Waals surface area contributed by atoms with Crippen molar-refractivity contribution in [2.45, 2.75) is 212 Å². The van der Waals surface area contributed by atoms with Crippen LogP contribution in [0.4, 0.5) is 0 Å². The highest BCUT2D eigenvalue weighted by Gasteiger charge is 2.40. The van der Waals surface area contributed by atoms with Crippen LogP contribution in [0, 0.1) is 0 Å². The standard InChI is InChI=1S/C48H79N2/c1-4-6-8-10-12-14-16-17-18-20-22-24-26-34-40-49-41-42-50(44-49)47(39-33-25-23-21-19-15-13-11-9-7-5-2)48(3,46-37-31-28-32-38-46)43-45-35-29-27-30-36-45/h27-32,35-38,41-42,44,47H,4-26,33-34,39-40,43H2,1-3H3/q+1. The lowest BCUT2D eigenvalue weighted by Gasteiger charge is -2.37. The molecule has 1 heterocycles. The van der Waals surface area contributed by atoms with Gasteiger partial charge in [0.25, 0.3) is 0 Å². The van der Waals surface area contributed by atoms with Crippen molar-refractivity contribution in [1.82, 2.24) is 4.57 Å². The second-order valence-corrected chi connectivity index (χ2v) is 16.0. The molecule has 0 radical (unpaired) electrons. The van der Waals surface area contributed by atoms with Gasteiger partial charge in [-0.2, -0.15) is 0 Å². The Morgan fingerprint density at radius 1 is 0.520 bits per heavy atom. The summed E-state index contributed by atoms with van der Waals surface area (Å²) in [4.78, 5) is 0. The van der Waals surface area contributed by atoms with Gasteiger partial charge in [-0.05, 0) is 43.2 Å². The Labute approximate surface area is 310 Å². The Hall–Kier alpha value is -2.35. The van der Waals surface area contributed by atoms with Crippen LogP contribution >= 0.6 is 0 Å². The molecule has 0 amide bonds. The highest BCUT2D eigenvalue weighted by atomic mass is 15.1. The van der Waals surface area contributed by atoms with E-state index in [9.17, 15) is 0 Å². The number of unbranched alkanes of at least 4 members (excludes halogenated alkanes) is 23. The highest BCUT2D eigenvalue weighted by molar-refractivity contribution is 5.30. The molecule has 0 bridgehead atoms. The topological polar surface area (TPSA) is 8.81 Å². The Bertz CT molecular complexity index is 1170. The number of hydrogen-bond donors (Lipinski definition) is 0. The first-order valence-electron chi connectivity index (χ1n) is 21.8. The summed E-state index contributed by atoms with van der Waals surface area (Å²) in [6.45, 7) is 8.29. The molecule has 0 spiro atoms. The Morgan fingerprint density at radius 3 is 1.42 bits per heavy atom. The van der Waals surface area contributed by atoms with Crippen LogP contribution in [0.1, 0.15) is 205 Å². The van der Waals surface area contributed by atoms with Crippen molar-refractivity contribution in [1.29, 1.82) is 0 Å². The number of rotatable bonds is 32. The first-order chi connectivity index (χ1) is 24.7. The summed E-state index contributed by atoms with van der Waals surface area (Å²) in [5.41, 5.74) is 2.90. The molecule has 0 aliphatic heterocycles. The van der Waals surface area contributed by atoms with E-state index in [4.69, 9.17) is 0 Å². The molecule has 0 N–H and O–H groups in total. The van der Waals surface area contributed by atoms with E-state index in [2.05, 4.69) is 109 Å². The van der Waals surface area contributed by atoms with Crippen molar-refractivity contribution in [3.63, 3.8) is 0 Å². The molecule has 0 fully saturated rings. The Morgan fingerprint density at radius 2 is 0.940 bits per heavy atom. The summed E-state index contributed by atoms with van der Waals surface area (Å²) in [7, 11) is 0. The summed E-state index contributed by atoms with van der Waals surface area (Å²) in [5.74, 6) is 0. The van der Waals surface area contributed by atoms with Gasteiger partial charge in [0, 0.05) is 5.41 Å². The molecule has 2 atom stereocenters. The summed E-state index contributed by atoms with van der Waals surface area (Å²) in [5, 5.41) is 0. The molecule has 1 aromatic heterocycles. The van der Waals surface area contributed by atoms with Gasteiger partial charge < -0.3 is 0 Å². The average Bonchev–Trinajstić information content (AvgIpc) is 3.61. The maximum Gasteiger partial charge on any atom is 0.244 e. The van der Waals surface area contributed by atoms with Crippen molar-refractivity contribution in [3.05, 3.63) is 90.5 Å². The van der Waals surface area contributed by atoms with Gasteiger partial charge in [0.05, 0.1) is 6.54 Å². The third-order valence-corrected chi connectivity index (χ3v) is 11.5. The highest BCUT2D eigenvalue weighted by Crippen LogP contribution is 2.41. The normalized spacial score (nSPS) is 13.4. The summed E-state index contributed by atoms with van der Waals surface area (Å²) >= 11 is 0. The molecule has 0 saturated heterocycles. The molecule has 2 nitrogen and oxygen atoms in total. The third kappa shape index (κ3) is 17.2. The van der Waals surface area contributed by atoms with Crippen LogP contribution < -0.4 is 4.57 Å². The van der Waals surface area contributed by atoms with Crippen LogP contribution in [0.2, 0.25) is 0 Å². The fourth-order valence-corrected chi connectivity index (χ4v) is 8.27. The van der Waals surface area contributed by atoms with Crippen LogP contribution in [-0.4, -0.2) is 4.57 Å². The first kappa shape index (κ1) is 42.1. The van der Waals surface area contributed by atoms with E-state index in [0.717, 1.165) is 13.0 Å². The zero-order chi connectivity index (χ0) is 35.4. The van der Waals surface area contributed by atoms with Gasteiger partial charge in [-0.25, -0.2) is 9.13 Å². The van der Waals surface area contributed by atoms with E-state index >= 15 is 0 Å². The van der Waals surface area contributed by atoms with Crippen LogP contribution in [0.3, 0.4) is 0 Å². The number of aromatic nitrogens is 2. The number of imidazole rings is 1. The third-order valence-electron chi connectivity index (χ3n) is 11.5. The molecule has 2 heteroatoms. The molecule has 3 rings (SSSR count). The predicted molar refractivity (Wildman–Crippen MR) is 219 cm³/mol. The second-order valence-electron chi connectivity index (χ2n) is 16.0. The van der Waals surface area contributed by atoms with Gasteiger partial charge >= 0.3 is 0 Å². The van der Waals surface area contributed by atoms with Gasteiger partial charge in [0.1, 0.15) is 18.4 Å². The molecular weight excluding hydrogens is 605 g/mol. The summed E-state index contributed by atoms with van der Waals surface area (Å²) < 4.78 is 5.07. The van der Waals surface area contributed by atoms with Gasteiger partial charge in [0.2, 0.25) is 6.33 Å². The quantitative estimate of drug-likeness (QED) is 0.0457. The lowest BCUT2D eigenvalue weighted by Crippen LogP contribution is -2.38. The molecule has 0 saturated carbocycles. The lowest BCUT2D eigenvalue weighted by molar-refractivity contribution is -0.697. The van der Waals surface area contributed by atoms with Crippen molar-refractivity contribution in [2.24, 2.45) is 0 Å². The smallest absolute Gasteiger partial charge is 0.237 e. The predicted octanol–water partition coefficient (Wildman–Crippen LogP) is 14.7. The van der Waals surface area contributed by atoms with E-state index in [-0.39, 0.29) is 5.41 Å². The fourth-order valence-electron chi connectivity index (χ4n) is 8.27. The number of hydrogen-bond acceptors (Lipinski definition) is 0. The Balaban J connectivity index is 1.51. The van der Waals surface area contributed by atoms with Gasteiger partial charge in [-0.1, -0.05) is 223 Å². The van der Waals surface area contributed by atoms with Crippen LogP contribution in [-0.2, 0) is 18.4 Å². The lowest BCUT2D eigenvalue weighted by atomic mass is 9.70. The minimum Gasteiger partial charge on any atom is -0.237 e. The van der Waals surface area contributed by atoms with Crippen LogP contribution in [0.25, 0.3) is 0 Å². The maximum absolute atomic E-state index is 2.59. The molecule has 280 valence electrons. The molecule has 50 heavy (non-hydrogen) atoms. The maximum atomic E-state index is 2.59. The van der Waals surface area contributed by atoms with Gasteiger partial charge in [0.15, 0.2) is 0 Å². The zero-order valence-electron chi connectivity index (χ0n) is 33.3. The molecular formula is C48H79N2+. The number of aryl methyl sites for hydroxylation is 1. The fraction of sp³-hybridized carbons (Fsp3) is 0.688. The SMILES string of the molecule is CCCCCCCCCCCCCCCC[n+]1ccn(C(CCCCCCCCCCCCC)C(C)(Cc2ccccc2)c2ccccc2)c1. The Kier molecular flexibility index (Phi) is 23.0. The van der Waals surface area contributed by atoms with E-state index in [1.165, 1.54) is 178 Å². The first-order valence-corrected chi connectivity index (χ1v) is 21.8. The monoisotopic (exact) mass is 684 g/mol. The summed E-state index contributed by atoms with van der Waals surface area (Å²) in [6, 6.07) is 23.0. The second kappa shape index (κ2) is 27.3. The van der Waals surface area contributed by atoms with Gasteiger partial charge in [-0.3, -0.25) is 0 Å². The zero-order valence-corrected chi connectivity index (χ0v) is 33.3. The number of nitrogens with zero attached hydrogens (tertiary/aromatic N) is 2. The summed E-state index contributed by atoms with van der Waals surface area (Å²) in [6.07, 6.45) is 44.6. The number of benzene rings is 2. The minimum absolute atomic E-state index is 0.00695. The molecule has 3 aromatic rings. The van der Waals surface area contributed by atoms with Crippen molar-refractivity contribution in [3.8, 4) is 0 Å². The van der Waals surface area contributed by atoms with E-state index in [1.807, 2.05) is 0 Å². The van der Waals surface area contributed by atoms with Crippen molar-refractivity contribution in [2.75, 3.05) is 0 Å². The molecule has 2 unspecified atom stereocenters. The largest absolute Gasteiger partial charge is 0.244 e. The average molecular weight is 684 g/mol. The van der Waals surface area contributed by atoms with E-state index < -0.39 is 0 Å². The van der Waals surface area contributed by atoms with Crippen LogP contribution in [0.15, 0.2) is 79.4 Å². The molecule has 0 aliphatic carbocycles. The van der Waals surface area contributed by atoms with Crippen molar-refractivity contribution >= 4 is 0 Å². The van der Waals surface area contributed by atoms with Gasteiger partial charge in [-0.15, -0.1) is 0 Å². The van der Waals surface area contributed by atoms with E-state index in [0.29, 0.717) is 6.04 Å². The van der Waals surface area contributed by atoms with Crippen molar-refractivity contribution < 1.29 is 4.57 Å². The molecule has 0 aliphatic rings.